The maximum Gasteiger partial charge on any atom is 0.159 e. The third-order valence-corrected chi connectivity index (χ3v) is 9.46. The first-order valence-corrected chi connectivity index (χ1v) is 12.1. The van der Waals surface area contributed by atoms with E-state index in [1.807, 2.05) is 25.9 Å². The van der Waals surface area contributed by atoms with E-state index in [0.29, 0.717) is 25.9 Å². The zero-order chi connectivity index (χ0) is 23.5. The van der Waals surface area contributed by atoms with E-state index in [4.69, 9.17) is 4.84 Å². The molecule has 0 amide bonds. The van der Waals surface area contributed by atoms with Crippen LogP contribution in [0.4, 0.5) is 0 Å². The van der Waals surface area contributed by atoms with Crippen LogP contribution in [0.3, 0.4) is 0 Å². The molecule has 3 saturated carbocycles. The molecule has 7 heteroatoms. The summed E-state index contributed by atoms with van der Waals surface area (Å²) in [5, 5.41) is 37.2. The highest BCUT2D eigenvalue weighted by molar-refractivity contribution is 5.95. The van der Waals surface area contributed by atoms with Crippen molar-refractivity contribution in [2.75, 3.05) is 27.2 Å². The van der Waals surface area contributed by atoms with Crippen molar-refractivity contribution < 1.29 is 25.0 Å². The highest BCUT2D eigenvalue weighted by Crippen LogP contribution is 2.67. The summed E-state index contributed by atoms with van der Waals surface area (Å²) >= 11 is 0. The fourth-order valence-electron chi connectivity index (χ4n) is 7.47. The molecule has 4 rings (SSSR count). The molecule has 0 spiro atoms. The summed E-state index contributed by atoms with van der Waals surface area (Å²) in [5.74, 6) is -0.178. The van der Waals surface area contributed by atoms with Gasteiger partial charge in [0.15, 0.2) is 5.78 Å². The van der Waals surface area contributed by atoms with Gasteiger partial charge in [0.25, 0.3) is 0 Å². The third-order valence-electron chi connectivity index (χ3n) is 9.46. The maximum absolute atomic E-state index is 13.2. The number of ketones is 1. The predicted octanol–water partition coefficient (Wildman–Crippen LogP) is 2.15. The Morgan fingerprint density at radius 1 is 1.19 bits per heavy atom. The van der Waals surface area contributed by atoms with Gasteiger partial charge in [0.1, 0.15) is 6.61 Å². The Morgan fingerprint density at radius 3 is 2.59 bits per heavy atom. The number of rotatable bonds is 5. The zero-order valence-corrected chi connectivity index (χ0v) is 20.2. The van der Waals surface area contributed by atoms with Crippen molar-refractivity contribution in [2.45, 2.75) is 77.1 Å². The van der Waals surface area contributed by atoms with E-state index in [0.717, 1.165) is 37.1 Å². The Kier molecular flexibility index (Phi) is 6.11. The molecule has 4 aliphatic carbocycles. The predicted molar refractivity (Wildman–Crippen MR) is 122 cm³/mol. The van der Waals surface area contributed by atoms with Crippen molar-refractivity contribution >= 4 is 11.5 Å². The van der Waals surface area contributed by atoms with Gasteiger partial charge in [-0.15, -0.1) is 0 Å². The van der Waals surface area contributed by atoms with Gasteiger partial charge >= 0.3 is 0 Å². The molecule has 0 aromatic rings. The number of fused-ring (bicyclic) bond motifs is 5. The monoisotopic (exact) mass is 448 g/mol. The first-order valence-electron chi connectivity index (χ1n) is 12.1. The average Bonchev–Trinajstić information content (AvgIpc) is 2.99. The van der Waals surface area contributed by atoms with Crippen LogP contribution in [0.15, 0.2) is 16.8 Å². The van der Waals surface area contributed by atoms with Gasteiger partial charge < -0.3 is 25.1 Å². The molecule has 0 radical (unpaired) electrons. The Bertz CT molecular complexity index is 825. The van der Waals surface area contributed by atoms with Gasteiger partial charge in [-0.25, -0.2) is 0 Å². The molecular weight excluding hydrogens is 408 g/mol. The van der Waals surface area contributed by atoms with Crippen LogP contribution < -0.4 is 0 Å². The van der Waals surface area contributed by atoms with Crippen LogP contribution in [0.5, 0.6) is 0 Å². The quantitative estimate of drug-likeness (QED) is 0.338. The second-order valence-electron chi connectivity index (χ2n) is 11.5. The molecule has 8 atom stereocenters. The number of hydrogen-bond acceptors (Lipinski definition) is 7. The smallest absolute Gasteiger partial charge is 0.159 e. The third kappa shape index (κ3) is 3.47. The number of likely N-dealkylation sites (N-methyl/N-ethyl adjacent to an activating group) is 1. The molecule has 0 saturated heterocycles. The number of carbonyl (C=O) groups is 1. The topological polar surface area (TPSA) is 103 Å². The van der Waals surface area contributed by atoms with Crippen LogP contribution >= 0.6 is 0 Å². The van der Waals surface area contributed by atoms with E-state index in [9.17, 15) is 20.1 Å². The first-order chi connectivity index (χ1) is 14.9. The number of aliphatic hydroxyl groups excluding tert-OH is 2. The van der Waals surface area contributed by atoms with Crippen molar-refractivity contribution in [3.8, 4) is 0 Å². The van der Waals surface area contributed by atoms with Gasteiger partial charge in [-0.3, -0.25) is 4.79 Å². The SMILES string of the molecule is C/C(=N/OCCN(C)C)C1CC[C@@]2(O)C3=CC(=O)C4CC(O)C(O)CC4(C)C3CCC12C. The zero-order valence-electron chi connectivity index (χ0n) is 20.2. The van der Waals surface area contributed by atoms with E-state index >= 15 is 0 Å². The Labute approximate surface area is 191 Å². The Balaban J connectivity index is 1.62. The van der Waals surface area contributed by atoms with Gasteiger partial charge in [0.2, 0.25) is 0 Å². The molecule has 7 nitrogen and oxygen atoms in total. The van der Waals surface area contributed by atoms with Crippen molar-refractivity contribution in [1.29, 1.82) is 0 Å². The summed E-state index contributed by atoms with van der Waals surface area (Å²) in [4.78, 5) is 20.8. The van der Waals surface area contributed by atoms with Crippen molar-refractivity contribution in [2.24, 2.45) is 33.7 Å². The van der Waals surface area contributed by atoms with Gasteiger partial charge in [0.05, 0.1) is 23.5 Å². The van der Waals surface area contributed by atoms with Crippen LogP contribution in [-0.2, 0) is 9.63 Å². The molecular formula is C25H40N2O5. The maximum atomic E-state index is 13.2. The minimum Gasteiger partial charge on any atom is -0.394 e. The molecule has 3 N–H and O–H groups in total. The van der Waals surface area contributed by atoms with Gasteiger partial charge in [-0.05, 0) is 82.5 Å². The lowest BCUT2D eigenvalue weighted by Gasteiger charge is -2.59. The molecule has 0 heterocycles. The molecule has 4 aliphatic rings. The summed E-state index contributed by atoms with van der Waals surface area (Å²) in [6.45, 7) is 7.51. The van der Waals surface area contributed by atoms with Crippen molar-refractivity contribution in [3.63, 3.8) is 0 Å². The molecule has 0 aromatic heterocycles. The van der Waals surface area contributed by atoms with E-state index in [2.05, 4.69) is 19.0 Å². The summed E-state index contributed by atoms with van der Waals surface area (Å²) in [7, 11) is 3.99. The molecule has 180 valence electrons. The molecule has 32 heavy (non-hydrogen) atoms. The lowest BCUT2D eigenvalue weighted by molar-refractivity contribution is -0.151. The summed E-state index contributed by atoms with van der Waals surface area (Å²) < 4.78 is 0. The van der Waals surface area contributed by atoms with E-state index < -0.39 is 28.6 Å². The van der Waals surface area contributed by atoms with E-state index in [1.165, 1.54) is 0 Å². The molecule has 7 unspecified atom stereocenters. The molecule has 0 bridgehead atoms. The normalized spacial score (nSPS) is 46.4. The van der Waals surface area contributed by atoms with Crippen LogP contribution in [0.25, 0.3) is 0 Å². The summed E-state index contributed by atoms with van der Waals surface area (Å²) in [6.07, 6.45) is 3.80. The van der Waals surface area contributed by atoms with E-state index in [1.54, 1.807) is 6.08 Å². The number of carbonyl (C=O) groups excluding carboxylic acids is 1. The number of nitrogens with zero attached hydrogens (tertiary/aromatic N) is 2. The molecule has 0 aromatic carbocycles. The van der Waals surface area contributed by atoms with Crippen LogP contribution in [0.2, 0.25) is 0 Å². The van der Waals surface area contributed by atoms with Gasteiger partial charge in [-0.1, -0.05) is 19.0 Å². The van der Waals surface area contributed by atoms with Crippen molar-refractivity contribution in [3.05, 3.63) is 11.6 Å². The Hall–Kier alpha value is -1.28. The molecule has 3 fully saturated rings. The highest BCUT2D eigenvalue weighted by Gasteiger charge is 2.66. The number of aliphatic hydroxyl groups is 3. The second kappa shape index (κ2) is 8.19. The number of allylic oxidation sites excluding steroid dienone is 1. The average molecular weight is 449 g/mol. The summed E-state index contributed by atoms with van der Waals surface area (Å²) in [6, 6.07) is 0. The summed E-state index contributed by atoms with van der Waals surface area (Å²) in [5.41, 5.74) is -0.158. The van der Waals surface area contributed by atoms with Gasteiger partial charge in [-0.2, -0.15) is 0 Å². The minimum absolute atomic E-state index is 0.0109. The van der Waals surface area contributed by atoms with Crippen LogP contribution in [0, 0.1) is 28.6 Å². The fourth-order valence-corrected chi connectivity index (χ4v) is 7.47. The van der Waals surface area contributed by atoms with Crippen LogP contribution in [-0.4, -0.2) is 76.8 Å². The van der Waals surface area contributed by atoms with Crippen LogP contribution in [0.1, 0.15) is 59.3 Å². The number of hydrogen-bond donors (Lipinski definition) is 3. The second-order valence-corrected chi connectivity index (χ2v) is 11.5. The lowest BCUT2D eigenvalue weighted by Crippen LogP contribution is -2.60. The standard InChI is InChI=1S/C25H40N2O5/c1-15(26-32-11-10-27(4)5)16-7-9-25(31)18-12-20(28)19-13-21(29)22(30)14-23(19,2)17(18)6-8-24(16,25)3/h12,16-17,19,21-22,29-31H,6-11,13-14H2,1-5H3/b26-15-/t16?,17?,19?,21?,22?,23?,24?,25-/m1/s1. The minimum atomic E-state index is -1.06. The first kappa shape index (κ1) is 23.9. The highest BCUT2D eigenvalue weighted by atomic mass is 16.6. The largest absolute Gasteiger partial charge is 0.394 e. The Morgan fingerprint density at radius 2 is 1.91 bits per heavy atom. The number of oxime groups is 1. The molecule has 0 aliphatic heterocycles. The van der Waals surface area contributed by atoms with Crippen molar-refractivity contribution in [1.82, 2.24) is 4.90 Å². The lowest BCUT2D eigenvalue weighted by atomic mass is 9.46. The van der Waals surface area contributed by atoms with Gasteiger partial charge in [0, 0.05) is 23.8 Å². The van der Waals surface area contributed by atoms with E-state index in [-0.39, 0.29) is 23.5 Å². The fraction of sp³-hybridized carbons (Fsp3) is 0.840.